The third kappa shape index (κ3) is 5.85. The van der Waals surface area contributed by atoms with Crippen LogP contribution in [0.5, 0.6) is 11.5 Å². The van der Waals surface area contributed by atoms with Gasteiger partial charge in [0.25, 0.3) is 0 Å². The number of rotatable bonds is 8. The average molecular weight is 441 g/mol. The minimum Gasteiger partial charge on any atom is -0.507 e. The highest BCUT2D eigenvalue weighted by atomic mass is 16.3. The topological polar surface area (TPSA) is 92.5 Å². The molecule has 0 aromatic heterocycles. The van der Waals surface area contributed by atoms with Crippen molar-refractivity contribution in [3.8, 4) is 11.5 Å². The zero-order valence-electron chi connectivity index (χ0n) is 21.2. The second-order valence-electron chi connectivity index (χ2n) is 11.1. The lowest BCUT2D eigenvalue weighted by molar-refractivity contribution is 0.424. The van der Waals surface area contributed by atoms with Crippen molar-refractivity contribution < 1.29 is 10.2 Å². The molecule has 0 aliphatic rings. The number of phenols is 2. The molecule has 0 radical (unpaired) electrons. The van der Waals surface area contributed by atoms with Crippen LogP contribution in [0.2, 0.25) is 0 Å². The molecule has 0 aliphatic carbocycles. The maximum atomic E-state index is 11.4. The molecule has 0 saturated carbocycles. The van der Waals surface area contributed by atoms with Crippen LogP contribution in [-0.4, -0.2) is 23.3 Å². The molecule has 0 unspecified atom stereocenters. The lowest BCUT2D eigenvalue weighted by Crippen LogP contribution is -2.17. The van der Waals surface area contributed by atoms with Crippen LogP contribution in [0, 0.1) is 0 Å². The number of hydrogen-bond donors (Lipinski definition) is 4. The fourth-order valence-electron chi connectivity index (χ4n) is 4.50. The minimum absolute atomic E-state index is 0.113. The van der Waals surface area contributed by atoms with Crippen LogP contribution in [0.25, 0.3) is 0 Å². The zero-order valence-corrected chi connectivity index (χ0v) is 21.2. The Morgan fingerprint density at radius 1 is 0.719 bits per heavy atom. The smallest absolute Gasteiger partial charge is 0.123 e. The number of hydrogen-bond acceptors (Lipinski definition) is 4. The fraction of sp³-hybridized carbons (Fsp3) is 0.571. The Bertz CT molecular complexity index is 847. The van der Waals surface area contributed by atoms with Gasteiger partial charge in [-0.05, 0) is 65.4 Å². The molecular weight excluding hydrogens is 396 g/mol. The highest BCUT2D eigenvalue weighted by Gasteiger charge is 2.29. The normalized spacial score (nSPS) is 12.6. The van der Waals surface area contributed by atoms with Crippen molar-refractivity contribution in [3.63, 3.8) is 0 Å². The predicted octanol–water partition coefficient (Wildman–Crippen LogP) is 5.63. The summed E-state index contributed by atoms with van der Waals surface area (Å²) in [6.07, 6.45) is 3.26. The first-order valence-corrected chi connectivity index (χ1v) is 12.0. The average Bonchev–Trinajstić information content (AvgIpc) is 2.67. The van der Waals surface area contributed by atoms with Gasteiger partial charge in [0.1, 0.15) is 11.5 Å². The summed E-state index contributed by atoms with van der Waals surface area (Å²) in [6.45, 7) is 15.9. The lowest BCUT2D eigenvalue weighted by Gasteiger charge is -2.29. The Labute approximate surface area is 195 Å². The third-order valence-electron chi connectivity index (χ3n) is 6.21. The Morgan fingerprint density at radius 3 is 1.38 bits per heavy atom. The van der Waals surface area contributed by atoms with Gasteiger partial charge in [-0.1, -0.05) is 79.2 Å². The van der Waals surface area contributed by atoms with E-state index >= 15 is 0 Å². The Morgan fingerprint density at radius 2 is 1.09 bits per heavy atom. The summed E-state index contributed by atoms with van der Waals surface area (Å²) in [5.74, 6) is 0.549. The molecular formula is C28H44N2O2. The van der Waals surface area contributed by atoms with Crippen molar-refractivity contribution in [2.75, 3.05) is 13.1 Å². The summed E-state index contributed by atoms with van der Waals surface area (Å²) in [5, 5.41) is 22.9. The highest BCUT2D eigenvalue weighted by molar-refractivity contribution is 5.56. The molecule has 6 N–H and O–H groups in total. The number of aromatic hydroxyl groups is 2. The standard InChI is InChI=1S/C28H44N2O2/c1-8-9-20(21-14-18(10-12-29)16-23(25(21)31)27(2,3)4)22-15-19(11-13-30)17-24(26(22)32)28(5,6)7/h14-17,20,31-32H,8-13,29-30H2,1-7H3. The first-order chi connectivity index (χ1) is 14.8. The van der Waals surface area contributed by atoms with Gasteiger partial charge in [-0.15, -0.1) is 0 Å². The van der Waals surface area contributed by atoms with Crippen molar-refractivity contribution in [1.29, 1.82) is 0 Å². The van der Waals surface area contributed by atoms with Gasteiger partial charge in [-0.25, -0.2) is 0 Å². The Hall–Kier alpha value is -2.04. The summed E-state index contributed by atoms with van der Waals surface area (Å²) in [7, 11) is 0. The maximum absolute atomic E-state index is 11.4. The molecule has 2 rings (SSSR count). The maximum Gasteiger partial charge on any atom is 0.123 e. The first-order valence-electron chi connectivity index (χ1n) is 12.0. The van der Waals surface area contributed by atoms with E-state index in [2.05, 4.69) is 72.7 Å². The molecule has 0 heterocycles. The SMILES string of the molecule is CCCC(c1cc(CCN)cc(C(C)(C)C)c1O)c1cc(CCN)cc(C(C)(C)C)c1O. The van der Waals surface area contributed by atoms with Crippen molar-refractivity contribution in [1.82, 2.24) is 0 Å². The van der Waals surface area contributed by atoms with Gasteiger partial charge >= 0.3 is 0 Å². The monoisotopic (exact) mass is 440 g/mol. The van der Waals surface area contributed by atoms with Crippen LogP contribution in [0.3, 0.4) is 0 Å². The van der Waals surface area contributed by atoms with Crippen LogP contribution in [0.1, 0.15) is 101 Å². The van der Waals surface area contributed by atoms with Gasteiger partial charge in [0.2, 0.25) is 0 Å². The molecule has 4 heteroatoms. The quantitative estimate of drug-likeness (QED) is 0.428. The Kier molecular flexibility index (Phi) is 8.41. The molecule has 0 bridgehead atoms. The van der Waals surface area contributed by atoms with E-state index in [-0.39, 0.29) is 16.7 Å². The van der Waals surface area contributed by atoms with Crippen molar-refractivity contribution in [3.05, 3.63) is 57.6 Å². The zero-order chi connectivity index (χ0) is 24.3. The van der Waals surface area contributed by atoms with Gasteiger partial charge in [0.15, 0.2) is 0 Å². The molecule has 32 heavy (non-hydrogen) atoms. The van der Waals surface area contributed by atoms with Gasteiger partial charge in [0, 0.05) is 17.0 Å². The van der Waals surface area contributed by atoms with Crippen LogP contribution in [-0.2, 0) is 23.7 Å². The summed E-state index contributed by atoms with van der Waals surface area (Å²) < 4.78 is 0. The second-order valence-corrected chi connectivity index (χ2v) is 11.1. The summed E-state index contributed by atoms with van der Waals surface area (Å²) in [5.41, 5.74) is 17.2. The molecule has 0 spiro atoms. The molecule has 2 aromatic carbocycles. The van der Waals surface area contributed by atoms with E-state index in [1.807, 2.05) is 0 Å². The van der Waals surface area contributed by atoms with Crippen molar-refractivity contribution in [2.45, 2.75) is 90.9 Å². The minimum atomic E-state index is -0.208. The lowest BCUT2D eigenvalue weighted by atomic mass is 9.76. The van der Waals surface area contributed by atoms with Crippen LogP contribution < -0.4 is 11.5 Å². The van der Waals surface area contributed by atoms with Crippen LogP contribution in [0.4, 0.5) is 0 Å². The van der Waals surface area contributed by atoms with Crippen molar-refractivity contribution >= 4 is 0 Å². The fourth-order valence-corrected chi connectivity index (χ4v) is 4.50. The van der Waals surface area contributed by atoms with E-state index in [9.17, 15) is 10.2 Å². The summed E-state index contributed by atoms with van der Waals surface area (Å²) in [4.78, 5) is 0. The van der Waals surface area contributed by atoms with Gasteiger partial charge in [-0.2, -0.15) is 0 Å². The van der Waals surface area contributed by atoms with E-state index < -0.39 is 0 Å². The van der Waals surface area contributed by atoms with E-state index in [1.54, 1.807) is 0 Å². The third-order valence-corrected chi connectivity index (χ3v) is 6.21. The molecule has 0 fully saturated rings. The van der Waals surface area contributed by atoms with E-state index in [0.29, 0.717) is 24.6 Å². The van der Waals surface area contributed by atoms with E-state index in [0.717, 1.165) is 59.1 Å². The second kappa shape index (κ2) is 10.3. The number of nitrogens with two attached hydrogens (primary N) is 2. The number of phenolic OH excluding ortho intramolecular Hbond substituents is 2. The molecule has 0 saturated heterocycles. The van der Waals surface area contributed by atoms with Crippen molar-refractivity contribution in [2.24, 2.45) is 11.5 Å². The summed E-state index contributed by atoms with van der Waals surface area (Å²) >= 11 is 0. The van der Waals surface area contributed by atoms with E-state index in [1.165, 1.54) is 0 Å². The van der Waals surface area contributed by atoms with Gasteiger partial charge in [-0.3, -0.25) is 0 Å². The van der Waals surface area contributed by atoms with Gasteiger partial charge in [0.05, 0.1) is 0 Å². The first kappa shape index (κ1) is 26.2. The van der Waals surface area contributed by atoms with Crippen LogP contribution in [0.15, 0.2) is 24.3 Å². The predicted molar refractivity (Wildman–Crippen MR) is 136 cm³/mol. The highest BCUT2D eigenvalue weighted by Crippen LogP contribution is 2.46. The molecule has 0 atom stereocenters. The molecule has 0 aliphatic heterocycles. The number of benzene rings is 2. The van der Waals surface area contributed by atoms with E-state index in [4.69, 9.17) is 11.5 Å². The summed E-state index contributed by atoms with van der Waals surface area (Å²) in [6, 6.07) is 8.34. The Balaban J connectivity index is 2.85. The largest absolute Gasteiger partial charge is 0.507 e. The molecule has 2 aromatic rings. The molecule has 178 valence electrons. The molecule has 0 amide bonds. The van der Waals surface area contributed by atoms with Gasteiger partial charge < -0.3 is 21.7 Å². The molecule has 4 nitrogen and oxygen atoms in total. The van der Waals surface area contributed by atoms with Crippen LogP contribution >= 0.6 is 0 Å².